The van der Waals surface area contributed by atoms with Crippen LogP contribution in [0.4, 0.5) is 0 Å². The van der Waals surface area contributed by atoms with E-state index < -0.39 is 10.1 Å². The van der Waals surface area contributed by atoms with Gasteiger partial charge in [-0.3, -0.25) is 9.35 Å². The number of hydrogen-bond acceptors (Lipinski definition) is 6. The van der Waals surface area contributed by atoms with Gasteiger partial charge in [-0.25, -0.2) is 0 Å². The van der Waals surface area contributed by atoms with E-state index in [0.29, 0.717) is 13.0 Å². The molecule has 9 heteroatoms. The number of carbonyl (C=O) groups is 1. The second kappa shape index (κ2) is 12.8. The van der Waals surface area contributed by atoms with E-state index in [1.165, 1.54) is 30.7 Å². The maximum atomic E-state index is 11.5. The van der Waals surface area contributed by atoms with Gasteiger partial charge in [0.1, 0.15) is 13.2 Å². The third-order valence-electron chi connectivity index (χ3n) is 4.23. The molecular formula is C20H34NO5S3+. The van der Waals surface area contributed by atoms with Crippen molar-refractivity contribution in [1.29, 1.82) is 0 Å². The molecule has 1 saturated heterocycles. The van der Waals surface area contributed by atoms with E-state index in [0.717, 1.165) is 34.7 Å². The molecule has 0 aliphatic carbocycles. The summed E-state index contributed by atoms with van der Waals surface area (Å²) in [5, 5.41) is 0.823. The molecule has 2 rings (SSSR count). The molecule has 166 valence electrons. The quantitative estimate of drug-likeness (QED) is 0.193. The van der Waals surface area contributed by atoms with Crippen molar-refractivity contribution >= 4 is 37.7 Å². The molecule has 1 aromatic carbocycles. The molecule has 0 radical (unpaired) electrons. The van der Waals surface area contributed by atoms with Crippen LogP contribution in [-0.4, -0.2) is 68.7 Å². The van der Waals surface area contributed by atoms with E-state index in [2.05, 4.69) is 21.1 Å². The molecule has 0 saturated carbocycles. The zero-order valence-corrected chi connectivity index (χ0v) is 20.2. The van der Waals surface area contributed by atoms with Crippen LogP contribution in [0.5, 0.6) is 0 Å². The van der Waals surface area contributed by atoms with Crippen LogP contribution in [0, 0.1) is 6.92 Å². The Labute approximate surface area is 183 Å². The van der Waals surface area contributed by atoms with Gasteiger partial charge in [0.15, 0.2) is 0 Å². The van der Waals surface area contributed by atoms with E-state index in [4.69, 9.17) is 9.29 Å². The standard InChI is InChI=1S/C13H26NO2S2.C7H8O3S/c1-14(2,3)9-10-16-13(15)7-5-4-6-12-8-11-17-18-12;1-6-2-4-7(5-3-6)11(8,9)10/h12H,4-11H2,1-3H3;2-5H,1H3,(H,8,9,10)/q+1;/t12-;/m1./s1. The maximum Gasteiger partial charge on any atom is 0.305 e. The second-order valence-corrected chi connectivity index (χ2v) is 12.3. The van der Waals surface area contributed by atoms with E-state index in [1.54, 1.807) is 12.1 Å². The lowest BCUT2D eigenvalue weighted by Gasteiger charge is -2.23. The Morgan fingerprint density at radius 3 is 2.38 bits per heavy atom. The minimum Gasteiger partial charge on any atom is -0.460 e. The second-order valence-electron chi connectivity index (χ2n) is 8.10. The minimum atomic E-state index is -4.02. The predicted molar refractivity (Wildman–Crippen MR) is 122 cm³/mol. The lowest BCUT2D eigenvalue weighted by molar-refractivity contribution is -0.870. The summed E-state index contributed by atoms with van der Waals surface area (Å²) in [4.78, 5) is 11.4. The first-order valence-corrected chi connectivity index (χ1v) is 13.6. The van der Waals surface area contributed by atoms with Crippen LogP contribution in [0.2, 0.25) is 0 Å². The predicted octanol–water partition coefficient (Wildman–Crippen LogP) is 4.19. The Morgan fingerprint density at radius 1 is 1.21 bits per heavy atom. The molecule has 0 aromatic heterocycles. The van der Waals surface area contributed by atoms with Crippen LogP contribution in [0.25, 0.3) is 0 Å². The van der Waals surface area contributed by atoms with Gasteiger partial charge in [-0.1, -0.05) is 45.7 Å². The van der Waals surface area contributed by atoms with E-state index in [1.807, 2.05) is 28.5 Å². The molecule has 1 atom stereocenters. The highest BCUT2D eigenvalue weighted by Gasteiger charge is 2.16. The van der Waals surface area contributed by atoms with Gasteiger partial charge >= 0.3 is 5.97 Å². The number of carbonyl (C=O) groups excluding carboxylic acids is 1. The average molecular weight is 465 g/mol. The molecule has 1 aliphatic heterocycles. The first-order chi connectivity index (χ1) is 13.5. The molecule has 0 spiro atoms. The number of unbranched alkanes of at least 4 members (excludes halogenated alkanes) is 1. The molecule has 1 aromatic rings. The van der Waals surface area contributed by atoms with E-state index in [-0.39, 0.29) is 10.9 Å². The zero-order valence-electron chi connectivity index (χ0n) is 17.8. The van der Waals surface area contributed by atoms with Gasteiger partial charge < -0.3 is 9.22 Å². The van der Waals surface area contributed by atoms with Crippen molar-refractivity contribution in [2.45, 2.75) is 49.2 Å². The number of rotatable bonds is 9. The number of benzene rings is 1. The van der Waals surface area contributed by atoms with E-state index >= 15 is 0 Å². The van der Waals surface area contributed by atoms with Crippen LogP contribution >= 0.6 is 21.6 Å². The van der Waals surface area contributed by atoms with Gasteiger partial charge in [0.2, 0.25) is 0 Å². The topological polar surface area (TPSA) is 80.7 Å². The van der Waals surface area contributed by atoms with Gasteiger partial charge in [-0.05, 0) is 38.3 Å². The lowest BCUT2D eigenvalue weighted by Crippen LogP contribution is -2.38. The third-order valence-corrected chi connectivity index (χ3v) is 8.10. The minimum absolute atomic E-state index is 0.0306. The Bertz CT molecular complexity index is 709. The van der Waals surface area contributed by atoms with Crippen molar-refractivity contribution in [3.8, 4) is 0 Å². The summed E-state index contributed by atoms with van der Waals surface area (Å²) < 4.78 is 35.6. The largest absolute Gasteiger partial charge is 0.460 e. The van der Waals surface area contributed by atoms with Gasteiger partial charge in [0, 0.05) is 17.4 Å². The van der Waals surface area contributed by atoms with Crippen LogP contribution in [0.3, 0.4) is 0 Å². The number of quaternary nitrogens is 1. The summed E-state index contributed by atoms with van der Waals surface area (Å²) in [7, 11) is 6.29. The Morgan fingerprint density at radius 2 is 1.86 bits per heavy atom. The summed E-state index contributed by atoms with van der Waals surface area (Å²) in [6, 6.07) is 5.99. The van der Waals surface area contributed by atoms with Gasteiger partial charge in [0.25, 0.3) is 10.1 Å². The summed E-state index contributed by atoms with van der Waals surface area (Å²) in [5.74, 6) is 1.26. The van der Waals surface area contributed by atoms with Crippen molar-refractivity contribution in [3.05, 3.63) is 29.8 Å². The number of ether oxygens (including phenoxy) is 1. The number of esters is 1. The number of aryl methyl sites for hydroxylation is 1. The highest BCUT2D eigenvalue weighted by molar-refractivity contribution is 8.77. The SMILES string of the molecule is C[N+](C)(C)CCOC(=O)CCCC[C@@H]1CCSS1.Cc1ccc(S(=O)(=O)O)cc1. The molecule has 0 amide bonds. The monoisotopic (exact) mass is 464 g/mol. The zero-order chi connectivity index (χ0) is 21.9. The van der Waals surface area contributed by atoms with Crippen molar-refractivity contribution in [2.75, 3.05) is 40.0 Å². The van der Waals surface area contributed by atoms with Gasteiger partial charge in [-0.15, -0.1) is 0 Å². The summed E-state index contributed by atoms with van der Waals surface area (Å²) in [6.07, 6.45) is 5.31. The molecule has 0 unspecified atom stereocenters. The number of hydrogen-bond donors (Lipinski definition) is 1. The number of nitrogens with zero attached hydrogens (tertiary/aromatic N) is 1. The molecule has 1 fully saturated rings. The highest BCUT2D eigenvalue weighted by Crippen LogP contribution is 2.39. The Hall–Kier alpha value is -0.740. The molecule has 1 N–H and O–H groups in total. The Balaban J connectivity index is 0.000000326. The van der Waals surface area contributed by atoms with Gasteiger partial charge in [-0.2, -0.15) is 8.42 Å². The van der Waals surface area contributed by atoms with Crippen molar-refractivity contribution < 1.29 is 27.0 Å². The molecule has 1 heterocycles. The fourth-order valence-corrected chi connectivity index (χ4v) is 5.93. The lowest BCUT2D eigenvalue weighted by atomic mass is 10.1. The summed E-state index contributed by atoms with van der Waals surface area (Å²) in [5.41, 5.74) is 0.956. The summed E-state index contributed by atoms with van der Waals surface area (Å²) in [6.45, 7) is 3.26. The fourth-order valence-electron chi connectivity index (χ4n) is 2.42. The molecule has 0 bridgehead atoms. The first kappa shape index (κ1) is 26.3. The average Bonchev–Trinajstić information content (AvgIpc) is 3.11. The van der Waals surface area contributed by atoms with Crippen molar-refractivity contribution in [2.24, 2.45) is 0 Å². The van der Waals surface area contributed by atoms with Gasteiger partial charge in [0.05, 0.1) is 26.0 Å². The first-order valence-electron chi connectivity index (χ1n) is 9.76. The normalized spacial score (nSPS) is 16.8. The van der Waals surface area contributed by atoms with Crippen molar-refractivity contribution in [1.82, 2.24) is 0 Å². The van der Waals surface area contributed by atoms with Crippen molar-refractivity contribution in [3.63, 3.8) is 0 Å². The smallest absolute Gasteiger partial charge is 0.305 e. The fraction of sp³-hybridized carbons (Fsp3) is 0.650. The molecular weight excluding hydrogens is 430 g/mol. The molecule has 29 heavy (non-hydrogen) atoms. The Kier molecular flexibility index (Phi) is 11.6. The molecule has 1 aliphatic rings. The third kappa shape index (κ3) is 13.2. The maximum absolute atomic E-state index is 11.5. The molecule has 6 nitrogen and oxygen atoms in total. The van der Waals surface area contributed by atoms with Crippen LogP contribution in [0.15, 0.2) is 29.2 Å². The van der Waals surface area contributed by atoms with Crippen LogP contribution < -0.4 is 0 Å². The highest BCUT2D eigenvalue weighted by atomic mass is 33.1. The van der Waals surface area contributed by atoms with Crippen LogP contribution in [0.1, 0.15) is 37.7 Å². The summed E-state index contributed by atoms with van der Waals surface area (Å²) >= 11 is 0. The van der Waals surface area contributed by atoms with Crippen LogP contribution in [-0.2, 0) is 19.6 Å². The number of likely N-dealkylation sites (N-methyl/N-ethyl adjacent to an activating group) is 1. The van der Waals surface area contributed by atoms with E-state index in [9.17, 15) is 13.2 Å².